The van der Waals surface area contributed by atoms with E-state index in [4.69, 9.17) is 5.73 Å². The molecule has 0 spiro atoms. The molecule has 0 bridgehead atoms. The first-order valence-electron chi connectivity index (χ1n) is 5.31. The molecular formula is C9H18N2O2S. The number of sulfonamides is 1. The highest BCUT2D eigenvalue weighted by molar-refractivity contribution is 7.89. The molecule has 5 heteroatoms. The van der Waals surface area contributed by atoms with Crippen molar-refractivity contribution in [2.75, 3.05) is 25.4 Å². The molecule has 2 fully saturated rings. The highest BCUT2D eigenvalue weighted by atomic mass is 32.2. The zero-order valence-corrected chi connectivity index (χ0v) is 9.17. The van der Waals surface area contributed by atoms with Crippen LogP contribution in [0.2, 0.25) is 0 Å². The van der Waals surface area contributed by atoms with Gasteiger partial charge in [0.2, 0.25) is 10.0 Å². The van der Waals surface area contributed by atoms with Crippen molar-refractivity contribution < 1.29 is 8.42 Å². The summed E-state index contributed by atoms with van der Waals surface area (Å²) >= 11 is 0. The first kappa shape index (κ1) is 10.4. The molecule has 1 aliphatic heterocycles. The molecule has 0 aromatic heterocycles. The van der Waals surface area contributed by atoms with Crippen molar-refractivity contribution in [2.45, 2.75) is 19.3 Å². The van der Waals surface area contributed by atoms with Crippen molar-refractivity contribution in [1.29, 1.82) is 0 Å². The van der Waals surface area contributed by atoms with Gasteiger partial charge in [-0.3, -0.25) is 0 Å². The van der Waals surface area contributed by atoms with E-state index in [9.17, 15) is 8.42 Å². The number of nitrogens with two attached hydrogens (primary N) is 1. The van der Waals surface area contributed by atoms with E-state index < -0.39 is 10.0 Å². The van der Waals surface area contributed by atoms with E-state index in [1.54, 1.807) is 4.31 Å². The van der Waals surface area contributed by atoms with Crippen molar-refractivity contribution in [2.24, 2.45) is 17.6 Å². The number of nitrogens with zero attached hydrogens (tertiary/aromatic N) is 1. The molecule has 2 N–H and O–H groups in total. The summed E-state index contributed by atoms with van der Waals surface area (Å²) in [5, 5.41) is 0. The second-order valence-electron chi connectivity index (χ2n) is 4.36. The lowest BCUT2D eigenvalue weighted by Gasteiger charge is -2.21. The van der Waals surface area contributed by atoms with Crippen molar-refractivity contribution >= 4 is 10.0 Å². The van der Waals surface area contributed by atoms with Gasteiger partial charge < -0.3 is 5.73 Å². The van der Waals surface area contributed by atoms with Crippen molar-refractivity contribution in [3.63, 3.8) is 0 Å². The third-order valence-electron chi connectivity index (χ3n) is 3.23. The Labute approximate surface area is 85.5 Å². The number of hydrogen-bond donors (Lipinski definition) is 1. The Kier molecular flexibility index (Phi) is 2.81. The van der Waals surface area contributed by atoms with E-state index in [0.717, 1.165) is 6.42 Å². The third-order valence-corrected chi connectivity index (χ3v) is 5.16. The van der Waals surface area contributed by atoms with Crippen LogP contribution < -0.4 is 5.73 Å². The summed E-state index contributed by atoms with van der Waals surface area (Å²) in [6, 6.07) is 0. The van der Waals surface area contributed by atoms with Crippen LogP contribution in [-0.2, 0) is 10.0 Å². The summed E-state index contributed by atoms with van der Waals surface area (Å²) in [4.78, 5) is 0. The van der Waals surface area contributed by atoms with E-state index in [1.165, 1.54) is 12.8 Å². The summed E-state index contributed by atoms with van der Waals surface area (Å²) in [7, 11) is -2.92. The van der Waals surface area contributed by atoms with Crippen LogP contribution in [0.25, 0.3) is 0 Å². The summed E-state index contributed by atoms with van der Waals surface area (Å²) in [6.07, 6.45) is 3.25. The van der Waals surface area contributed by atoms with Gasteiger partial charge in [0.25, 0.3) is 0 Å². The smallest absolute Gasteiger partial charge is 0.214 e. The van der Waals surface area contributed by atoms with Gasteiger partial charge in [0.05, 0.1) is 5.75 Å². The van der Waals surface area contributed by atoms with Gasteiger partial charge in [-0.15, -0.1) is 0 Å². The van der Waals surface area contributed by atoms with E-state index in [-0.39, 0.29) is 0 Å². The Hall–Kier alpha value is -0.130. The Bertz CT molecular complexity index is 298. The fourth-order valence-electron chi connectivity index (χ4n) is 2.14. The summed E-state index contributed by atoms with van der Waals surface area (Å²) in [6.45, 7) is 1.98. The van der Waals surface area contributed by atoms with Crippen molar-refractivity contribution in [3.8, 4) is 0 Å². The minimum Gasteiger partial charge on any atom is -0.330 e. The molecule has 2 aliphatic rings. The molecule has 1 heterocycles. The Morgan fingerprint density at radius 1 is 1.43 bits per heavy atom. The van der Waals surface area contributed by atoms with Crippen LogP contribution in [0, 0.1) is 11.8 Å². The molecule has 2 rings (SSSR count). The monoisotopic (exact) mass is 218 g/mol. The maximum atomic E-state index is 11.5. The van der Waals surface area contributed by atoms with Gasteiger partial charge in [-0.1, -0.05) is 0 Å². The second-order valence-corrected chi connectivity index (χ2v) is 6.45. The molecule has 0 aromatic rings. The highest BCUT2D eigenvalue weighted by Gasteiger charge is 2.36. The predicted octanol–water partition coefficient (Wildman–Crippen LogP) is 0.00680. The maximum Gasteiger partial charge on any atom is 0.214 e. The van der Waals surface area contributed by atoms with Crippen molar-refractivity contribution in [3.05, 3.63) is 0 Å². The molecule has 82 valence electrons. The minimum absolute atomic E-state index is 0.328. The Morgan fingerprint density at radius 2 is 2.14 bits per heavy atom. The Balaban J connectivity index is 1.95. The molecule has 1 saturated carbocycles. The lowest BCUT2D eigenvalue weighted by molar-refractivity contribution is 0.339. The summed E-state index contributed by atoms with van der Waals surface area (Å²) in [5.74, 6) is 1.41. The Morgan fingerprint density at radius 3 is 2.57 bits per heavy atom. The van der Waals surface area contributed by atoms with Gasteiger partial charge in [0.1, 0.15) is 0 Å². The molecule has 0 aromatic carbocycles. The standard InChI is InChI=1S/C9H18N2O2S/c10-6-9(8-2-3-8)7-11-4-1-5-14(11,12)13/h8-9H,1-7,10H2. The molecule has 1 aliphatic carbocycles. The van der Waals surface area contributed by atoms with E-state index in [1.807, 2.05) is 0 Å². The normalized spacial score (nSPS) is 29.2. The average molecular weight is 218 g/mol. The van der Waals surface area contributed by atoms with Crippen LogP contribution in [-0.4, -0.2) is 38.1 Å². The van der Waals surface area contributed by atoms with Gasteiger partial charge in [-0.05, 0) is 37.6 Å². The van der Waals surface area contributed by atoms with Crippen LogP contribution in [0.5, 0.6) is 0 Å². The lowest BCUT2D eigenvalue weighted by atomic mass is 10.0. The van der Waals surface area contributed by atoms with E-state index in [2.05, 4.69) is 0 Å². The predicted molar refractivity (Wildman–Crippen MR) is 55.2 cm³/mol. The van der Waals surface area contributed by atoms with Crippen LogP contribution in [0.15, 0.2) is 0 Å². The molecule has 0 radical (unpaired) electrons. The zero-order chi connectivity index (χ0) is 10.2. The first-order valence-corrected chi connectivity index (χ1v) is 6.92. The largest absolute Gasteiger partial charge is 0.330 e. The van der Waals surface area contributed by atoms with Gasteiger partial charge in [0, 0.05) is 13.1 Å². The van der Waals surface area contributed by atoms with Gasteiger partial charge in [0.15, 0.2) is 0 Å². The molecule has 14 heavy (non-hydrogen) atoms. The second kappa shape index (κ2) is 3.79. The van der Waals surface area contributed by atoms with E-state index >= 15 is 0 Å². The van der Waals surface area contributed by atoms with Crippen molar-refractivity contribution in [1.82, 2.24) is 4.31 Å². The summed E-state index contributed by atoms with van der Waals surface area (Å²) in [5.41, 5.74) is 5.66. The first-order chi connectivity index (χ1) is 6.63. The quantitative estimate of drug-likeness (QED) is 0.723. The van der Waals surface area contributed by atoms with Gasteiger partial charge in [-0.2, -0.15) is 0 Å². The zero-order valence-electron chi connectivity index (χ0n) is 8.35. The summed E-state index contributed by atoms with van der Waals surface area (Å²) < 4.78 is 24.7. The molecule has 4 nitrogen and oxygen atoms in total. The average Bonchev–Trinajstić information content (AvgIpc) is 2.89. The highest BCUT2D eigenvalue weighted by Crippen LogP contribution is 2.37. The van der Waals surface area contributed by atoms with E-state index in [0.29, 0.717) is 37.2 Å². The SMILES string of the molecule is NCC(CN1CCCS1(=O)=O)C1CC1. The number of rotatable bonds is 4. The fraction of sp³-hybridized carbons (Fsp3) is 1.00. The molecule has 1 saturated heterocycles. The van der Waals surface area contributed by atoms with Crippen LogP contribution >= 0.6 is 0 Å². The molecule has 1 atom stereocenters. The van der Waals surface area contributed by atoms with Crippen LogP contribution in [0.1, 0.15) is 19.3 Å². The van der Waals surface area contributed by atoms with Crippen LogP contribution in [0.4, 0.5) is 0 Å². The molecule has 1 unspecified atom stereocenters. The topological polar surface area (TPSA) is 63.4 Å². The third kappa shape index (κ3) is 2.10. The van der Waals surface area contributed by atoms with Crippen LogP contribution in [0.3, 0.4) is 0 Å². The fourth-order valence-corrected chi connectivity index (χ4v) is 3.72. The minimum atomic E-state index is -2.92. The maximum absolute atomic E-state index is 11.5. The van der Waals surface area contributed by atoms with Gasteiger partial charge in [-0.25, -0.2) is 12.7 Å². The number of hydrogen-bond acceptors (Lipinski definition) is 3. The molecule has 0 amide bonds. The van der Waals surface area contributed by atoms with Gasteiger partial charge >= 0.3 is 0 Å². The lowest BCUT2D eigenvalue weighted by Crippen LogP contribution is -2.35. The molecular weight excluding hydrogens is 200 g/mol.